The SMILES string of the molecule is O=C(Nc1cc(-n2cccc2)ccc1F)C1CCS(=O)(=O)C1. The number of rotatable bonds is 3. The Hall–Kier alpha value is -2.15. The van der Waals surface area contributed by atoms with E-state index in [2.05, 4.69) is 5.32 Å². The Morgan fingerprint density at radius 2 is 2.00 bits per heavy atom. The molecule has 1 saturated heterocycles. The van der Waals surface area contributed by atoms with Gasteiger partial charge in [0.15, 0.2) is 9.84 Å². The van der Waals surface area contributed by atoms with Gasteiger partial charge < -0.3 is 9.88 Å². The molecular weight excluding hydrogens is 307 g/mol. The summed E-state index contributed by atoms with van der Waals surface area (Å²) in [5.74, 6) is -1.77. The fourth-order valence-corrected chi connectivity index (χ4v) is 4.25. The smallest absolute Gasteiger partial charge is 0.228 e. The molecule has 0 saturated carbocycles. The van der Waals surface area contributed by atoms with Crippen molar-refractivity contribution in [2.24, 2.45) is 5.92 Å². The van der Waals surface area contributed by atoms with Crippen molar-refractivity contribution in [3.8, 4) is 5.69 Å². The van der Waals surface area contributed by atoms with Gasteiger partial charge in [0, 0.05) is 18.1 Å². The van der Waals surface area contributed by atoms with Crippen LogP contribution in [0.3, 0.4) is 0 Å². The van der Waals surface area contributed by atoms with Crippen molar-refractivity contribution in [2.45, 2.75) is 6.42 Å². The van der Waals surface area contributed by atoms with Crippen LogP contribution in [0, 0.1) is 11.7 Å². The zero-order valence-corrected chi connectivity index (χ0v) is 12.5. The van der Waals surface area contributed by atoms with Crippen molar-refractivity contribution in [1.82, 2.24) is 4.57 Å². The van der Waals surface area contributed by atoms with E-state index in [0.717, 1.165) is 0 Å². The molecule has 7 heteroatoms. The summed E-state index contributed by atoms with van der Waals surface area (Å²) in [4.78, 5) is 12.1. The standard InChI is InChI=1S/C15H15FN2O3S/c16-13-4-3-12(18-6-1-2-7-18)9-14(13)17-15(19)11-5-8-22(20,21)10-11/h1-4,6-7,9,11H,5,8,10H2,(H,17,19). The summed E-state index contributed by atoms with van der Waals surface area (Å²) < 4.78 is 38.5. The summed E-state index contributed by atoms with van der Waals surface area (Å²) in [7, 11) is -3.15. The van der Waals surface area contributed by atoms with Gasteiger partial charge in [0.2, 0.25) is 5.91 Å². The van der Waals surface area contributed by atoms with Crippen LogP contribution < -0.4 is 5.32 Å². The lowest BCUT2D eigenvalue weighted by Crippen LogP contribution is -2.24. The minimum atomic E-state index is -3.15. The van der Waals surface area contributed by atoms with Gasteiger partial charge in [0.25, 0.3) is 0 Å². The second-order valence-electron chi connectivity index (χ2n) is 5.34. The number of benzene rings is 1. The number of sulfone groups is 1. The molecule has 22 heavy (non-hydrogen) atoms. The van der Waals surface area contributed by atoms with E-state index in [-0.39, 0.29) is 23.6 Å². The van der Waals surface area contributed by atoms with Gasteiger partial charge in [-0.3, -0.25) is 4.79 Å². The maximum absolute atomic E-state index is 13.9. The Balaban J connectivity index is 1.80. The van der Waals surface area contributed by atoms with Crippen LogP contribution in [-0.4, -0.2) is 30.4 Å². The first-order valence-corrected chi connectivity index (χ1v) is 8.71. The molecule has 5 nitrogen and oxygen atoms in total. The zero-order chi connectivity index (χ0) is 15.7. The molecule has 0 radical (unpaired) electrons. The van der Waals surface area contributed by atoms with Crippen LogP contribution >= 0.6 is 0 Å². The molecule has 2 heterocycles. The van der Waals surface area contributed by atoms with Crippen LogP contribution in [0.15, 0.2) is 42.7 Å². The van der Waals surface area contributed by atoms with Crippen molar-refractivity contribution >= 4 is 21.4 Å². The number of nitrogens with one attached hydrogen (secondary N) is 1. The third-order valence-corrected chi connectivity index (χ3v) is 5.48. The lowest BCUT2D eigenvalue weighted by atomic mass is 10.1. The Morgan fingerprint density at radius 3 is 2.64 bits per heavy atom. The van der Waals surface area contributed by atoms with Crippen molar-refractivity contribution in [1.29, 1.82) is 0 Å². The van der Waals surface area contributed by atoms with E-state index >= 15 is 0 Å². The van der Waals surface area contributed by atoms with Gasteiger partial charge in [-0.15, -0.1) is 0 Å². The van der Waals surface area contributed by atoms with Crippen molar-refractivity contribution < 1.29 is 17.6 Å². The Labute approximate surface area is 127 Å². The molecule has 0 bridgehead atoms. The highest BCUT2D eigenvalue weighted by molar-refractivity contribution is 7.91. The molecule has 1 atom stereocenters. The average molecular weight is 322 g/mol. The summed E-state index contributed by atoms with van der Waals surface area (Å²) in [5, 5.41) is 2.50. The lowest BCUT2D eigenvalue weighted by Gasteiger charge is -2.12. The molecule has 0 spiro atoms. The van der Waals surface area contributed by atoms with E-state index in [4.69, 9.17) is 0 Å². The molecule has 1 aliphatic rings. The number of anilines is 1. The molecule has 1 aliphatic heterocycles. The van der Waals surface area contributed by atoms with E-state index in [1.54, 1.807) is 10.6 Å². The number of amides is 1. The predicted octanol–water partition coefficient (Wildman–Crippen LogP) is 1.99. The normalized spacial score (nSPS) is 20.0. The Bertz CT molecular complexity index is 800. The maximum Gasteiger partial charge on any atom is 0.228 e. The molecule has 1 aromatic heterocycles. The number of hydrogen-bond donors (Lipinski definition) is 1. The van der Waals surface area contributed by atoms with Gasteiger partial charge in [-0.2, -0.15) is 0 Å². The largest absolute Gasteiger partial charge is 0.324 e. The molecule has 1 N–H and O–H groups in total. The first-order chi connectivity index (χ1) is 10.4. The van der Waals surface area contributed by atoms with E-state index in [1.165, 1.54) is 12.1 Å². The van der Waals surface area contributed by atoms with Gasteiger partial charge in [-0.05, 0) is 36.8 Å². The van der Waals surface area contributed by atoms with Gasteiger partial charge in [-0.25, -0.2) is 12.8 Å². The third-order valence-electron chi connectivity index (χ3n) is 3.71. The van der Waals surface area contributed by atoms with Crippen molar-refractivity contribution in [3.05, 3.63) is 48.5 Å². The summed E-state index contributed by atoms with van der Waals surface area (Å²) in [6.45, 7) is 0. The summed E-state index contributed by atoms with van der Waals surface area (Å²) in [6.07, 6.45) is 3.90. The second-order valence-corrected chi connectivity index (χ2v) is 7.57. The molecule has 0 aliphatic carbocycles. The predicted molar refractivity (Wildman–Crippen MR) is 81.1 cm³/mol. The van der Waals surface area contributed by atoms with E-state index in [9.17, 15) is 17.6 Å². The van der Waals surface area contributed by atoms with Gasteiger partial charge in [-0.1, -0.05) is 0 Å². The number of halogens is 1. The van der Waals surface area contributed by atoms with Gasteiger partial charge in [0.05, 0.1) is 23.1 Å². The Kier molecular flexibility index (Phi) is 3.74. The molecular formula is C15H15FN2O3S. The van der Waals surface area contributed by atoms with E-state index < -0.39 is 27.5 Å². The monoisotopic (exact) mass is 322 g/mol. The first-order valence-electron chi connectivity index (χ1n) is 6.89. The van der Waals surface area contributed by atoms with Crippen LogP contribution in [0.5, 0.6) is 0 Å². The highest BCUT2D eigenvalue weighted by Gasteiger charge is 2.33. The molecule has 1 aromatic carbocycles. The number of carbonyl (C=O) groups is 1. The second kappa shape index (κ2) is 5.57. The third kappa shape index (κ3) is 3.04. The first kappa shape index (κ1) is 14.8. The van der Waals surface area contributed by atoms with Crippen LogP contribution in [0.1, 0.15) is 6.42 Å². The summed E-state index contributed by atoms with van der Waals surface area (Å²) >= 11 is 0. The fourth-order valence-electron chi connectivity index (χ4n) is 2.51. The molecule has 3 rings (SSSR count). The quantitative estimate of drug-likeness (QED) is 0.939. The summed E-state index contributed by atoms with van der Waals surface area (Å²) in [5.41, 5.74) is 0.765. The highest BCUT2D eigenvalue weighted by atomic mass is 32.2. The molecule has 116 valence electrons. The zero-order valence-electron chi connectivity index (χ0n) is 11.7. The minimum Gasteiger partial charge on any atom is -0.324 e. The van der Waals surface area contributed by atoms with Gasteiger partial charge >= 0.3 is 0 Å². The topological polar surface area (TPSA) is 68.2 Å². The molecule has 2 aromatic rings. The van der Waals surface area contributed by atoms with Crippen LogP contribution in [0.2, 0.25) is 0 Å². The fraction of sp³-hybridized carbons (Fsp3) is 0.267. The number of aromatic nitrogens is 1. The minimum absolute atomic E-state index is 0.0109. The molecule has 1 amide bonds. The van der Waals surface area contributed by atoms with Crippen LogP contribution in [0.25, 0.3) is 5.69 Å². The highest BCUT2D eigenvalue weighted by Crippen LogP contribution is 2.23. The molecule has 1 unspecified atom stereocenters. The van der Waals surface area contributed by atoms with Crippen molar-refractivity contribution in [3.63, 3.8) is 0 Å². The van der Waals surface area contributed by atoms with E-state index in [1.807, 2.05) is 24.5 Å². The number of hydrogen-bond acceptors (Lipinski definition) is 3. The van der Waals surface area contributed by atoms with E-state index in [0.29, 0.717) is 5.69 Å². The van der Waals surface area contributed by atoms with Gasteiger partial charge in [0.1, 0.15) is 5.82 Å². The maximum atomic E-state index is 13.9. The summed E-state index contributed by atoms with van der Waals surface area (Å²) in [6, 6.07) is 8.08. The molecule has 1 fully saturated rings. The lowest BCUT2D eigenvalue weighted by molar-refractivity contribution is -0.119. The van der Waals surface area contributed by atoms with Crippen LogP contribution in [0.4, 0.5) is 10.1 Å². The number of nitrogens with zero attached hydrogens (tertiary/aromatic N) is 1. The number of carbonyl (C=O) groups excluding carboxylic acids is 1. The average Bonchev–Trinajstić information content (AvgIpc) is 3.10. The van der Waals surface area contributed by atoms with Crippen molar-refractivity contribution in [2.75, 3.05) is 16.8 Å². The Morgan fingerprint density at radius 1 is 1.27 bits per heavy atom. The van der Waals surface area contributed by atoms with Crippen LogP contribution in [-0.2, 0) is 14.6 Å².